The maximum atomic E-state index is 12.4. The van der Waals surface area contributed by atoms with Crippen LogP contribution in [0.15, 0.2) is 81.8 Å². The highest BCUT2D eigenvalue weighted by atomic mass is 32.1. The number of rotatable bonds is 6. The van der Waals surface area contributed by atoms with Gasteiger partial charge in [0.1, 0.15) is 5.49 Å². The molecule has 0 unspecified atom stereocenters. The van der Waals surface area contributed by atoms with E-state index in [0.717, 1.165) is 10.4 Å². The van der Waals surface area contributed by atoms with Crippen molar-refractivity contribution in [2.75, 3.05) is 0 Å². The minimum Gasteiger partial charge on any atom is -0.339 e. The van der Waals surface area contributed by atoms with Gasteiger partial charge in [-0.15, -0.1) is 11.3 Å². The number of hydrogen-bond donors (Lipinski definition) is 0. The van der Waals surface area contributed by atoms with E-state index < -0.39 is 0 Å². The van der Waals surface area contributed by atoms with Gasteiger partial charge < -0.3 is 9.09 Å². The first kappa shape index (κ1) is 18.1. The molecule has 0 saturated heterocycles. The highest BCUT2D eigenvalue weighted by Crippen LogP contribution is 2.21. The molecule has 4 rings (SSSR count). The molecule has 6 nitrogen and oxygen atoms in total. The minimum atomic E-state index is -0.219. The monoisotopic (exact) mass is 390 g/mol. The van der Waals surface area contributed by atoms with E-state index in [1.807, 2.05) is 76.8 Å². The molecule has 140 valence electrons. The number of carbonyl (C=O) groups is 1. The van der Waals surface area contributed by atoms with E-state index in [2.05, 4.69) is 15.1 Å². The van der Waals surface area contributed by atoms with Crippen molar-refractivity contribution < 1.29 is 9.32 Å². The van der Waals surface area contributed by atoms with Crippen molar-refractivity contribution in [2.45, 2.75) is 19.4 Å². The first-order valence-electron chi connectivity index (χ1n) is 8.91. The zero-order valence-electron chi connectivity index (χ0n) is 15.1. The van der Waals surface area contributed by atoms with Crippen LogP contribution in [0, 0.1) is 0 Å². The van der Waals surface area contributed by atoms with Gasteiger partial charge in [0.25, 0.3) is 0 Å². The fourth-order valence-corrected chi connectivity index (χ4v) is 3.39. The zero-order chi connectivity index (χ0) is 19.2. The first-order valence-corrected chi connectivity index (χ1v) is 9.79. The molecule has 1 aromatic carbocycles. The van der Waals surface area contributed by atoms with Crippen molar-refractivity contribution in [3.05, 3.63) is 89.2 Å². The molecule has 0 saturated carbocycles. The highest BCUT2D eigenvalue weighted by molar-refractivity contribution is 7.13. The van der Waals surface area contributed by atoms with E-state index in [0.29, 0.717) is 30.2 Å². The Labute approximate surface area is 165 Å². The minimum absolute atomic E-state index is 0.215. The van der Waals surface area contributed by atoms with Gasteiger partial charge in [-0.05, 0) is 29.1 Å². The fraction of sp³-hybridized carbons (Fsp3) is 0.143. The van der Waals surface area contributed by atoms with Gasteiger partial charge in [0.2, 0.25) is 17.6 Å². The average molecular weight is 390 g/mol. The van der Waals surface area contributed by atoms with Crippen molar-refractivity contribution in [3.63, 3.8) is 0 Å². The quantitative estimate of drug-likeness (QED) is 0.503. The second-order valence-electron chi connectivity index (χ2n) is 6.17. The predicted octanol–water partition coefficient (Wildman–Crippen LogP) is 3.71. The van der Waals surface area contributed by atoms with Gasteiger partial charge in [-0.1, -0.05) is 47.6 Å². The van der Waals surface area contributed by atoms with E-state index in [4.69, 9.17) is 4.52 Å². The molecule has 3 heterocycles. The van der Waals surface area contributed by atoms with Crippen molar-refractivity contribution in [1.29, 1.82) is 0 Å². The number of nitrogens with zero attached hydrogens (tertiary/aromatic N) is 4. The molecule has 0 spiro atoms. The van der Waals surface area contributed by atoms with E-state index in [9.17, 15) is 4.79 Å². The molecule has 0 radical (unpaired) electrons. The van der Waals surface area contributed by atoms with Gasteiger partial charge in [-0.2, -0.15) is 9.98 Å². The summed E-state index contributed by atoms with van der Waals surface area (Å²) in [5.74, 6) is 0.777. The number of pyridine rings is 1. The van der Waals surface area contributed by atoms with E-state index in [1.165, 1.54) is 0 Å². The molecule has 0 N–H and O–H groups in total. The van der Waals surface area contributed by atoms with Crippen LogP contribution in [0.25, 0.3) is 10.7 Å². The van der Waals surface area contributed by atoms with Crippen molar-refractivity contribution >= 4 is 17.2 Å². The summed E-state index contributed by atoms with van der Waals surface area (Å²) in [6, 6.07) is 19.6. The van der Waals surface area contributed by atoms with Crippen LogP contribution in [-0.4, -0.2) is 20.6 Å². The number of aromatic nitrogens is 3. The number of amides is 1. The summed E-state index contributed by atoms with van der Waals surface area (Å²) in [6.07, 6.45) is 2.50. The molecule has 7 heteroatoms. The lowest BCUT2D eigenvalue weighted by atomic mass is 10.2. The summed E-state index contributed by atoms with van der Waals surface area (Å²) in [7, 11) is 0. The van der Waals surface area contributed by atoms with Crippen LogP contribution in [0.5, 0.6) is 0 Å². The summed E-state index contributed by atoms with van der Waals surface area (Å²) in [5, 5.41) is 5.92. The number of hydrogen-bond acceptors (Lipinski definition) is 5. The smallest absolute Gasteiger partial charge is 0.248 e. The Hall–Kier alpha value is -3.32. The molecule has 3 aromatic heterocycles. The second-order valence-corrected chi connectivity index (χ2v) is 7.11. The largest absolute Gasteiger partial charge is 0.339 e. The van der Waals surface area contributed by atoms with Gasteiger partial charge in [0.05, 0.1) is 4.88 Å². The Morgan fingerprint density at radius 1 is 1.07 bits per heavy atom. The van der Waals surface area contributed by atoms with Gasteiger partial charge in [0, 0.05) is 25.6 Å². The zero-order valence-corrected chi connectivity index (χ0v) is 15.9. The lowest BCUT2D eigenvalue weighted by Crippen LogP contribution is -2.22. The lowest BCUT2D eigenvalue weighted by molar-refractivity contribution is -0.118. The molecule has 4 aromatic rings. The maximum Gasteiger partial charge on any atom is 0.248 e. The maximum absolute atomic E-state index is 12.4. The lowest BCUT2D eigenvalue weighted by Gasteiger charge is -2.07. The normalized spacial score (nSPS) is 11.6. The third-order valence-electron chi connectivity index (χ3n) is 4.11. The van der Waals surface area contributed by atoms with Crippen LogP contribution in [0.2, 0.25) is 0 Å². The van der Waals surface area contributed by atoms with Crippen molar-refractivity contribution in [3.8, 4) is 10.7 Å². The molecule has 0 atom stereocenters. The van der Waals surface area contributed by atoms with Gasteiger partial charge >= 0.3 is 0 Å². The van der Waals surface area contributed by atoms with Crippen LogP contribution in [0.3, 0.4) is 0 Å². The van der Waals surface area contributed by atoms with Crippen LogP contribution < -0.4 is 5.49 Å². The first-order chi connectivity index (χ1) is 13.8. The SMILES string of the molecule is O=C(CCc1nc(-c2cccs2)no1)N=c1ccccn1Cc1ccccc1. The molecule has 0 aliphatic carbocycles. The van der Waals surface area contributed by atoms with Crippen LogP contribution in [0.1, 0.15) is 17.9 Å². The fourth-order valence-electron chi connectivity index (χ4n) is 2.74. The summed E-state index contributed by atoms with van der Waals surface area (Å²) in [4.78, 5) is 21.9. The molecule has 1 amide bonds. The summed E-state index contributed by atoms with van der Waals surface area (Å²) < 4.78 is 7.19. The summed E-state index contributed by atoms with van der Waals surface area (Å²) in [5.41, 5.74) is 1.77. The molecule has 0 bridgehead atoms. The summed E-state index contributed by atoms with van der Waals surface area (Å²) in [6.45, 7) is 0.654. The third kappa shape index (κ3) is 4.50. The molecular formula is C21H18N4O2S. The van der Waals surface area contributed by atoms with Crippen molar-refractivity contribution in [2.24, 2.45) is 4.99 Å². The van der Waals surface area contributed by atoms with E-state index >= 15 is 0 Å². The molecular weight excluding hydrogens is 372 g/mol. The van der Waals surface area contributed by atoms with Gasteiger partial charge in [-0.25, -0.2) is 0 Å². The average Bonchev–Trinajstić information content (AvgIpc) is 3.40. The number of aryl methyl sites for hydroxylation is 1. The molecule has 0 fully saturated rings. The molecule has 0 aliphatic heterocycles. The second kappa shape index (κ2) is 8.58. The van der Waals surface area contributed by atoms with Gasteiger partial charge in [0.15, 0.2) is 0 Å². The Morgan fingerprint density at radius 2 is 1.93 bits per heavy atom. The topological polar surface area (TPSA) is 73.3 Å². The van der Waals surface area contributed by atoms with Crippen LogP contribution in [-0.2, 0) is 17.8 Å². The Bertz CT molecular complexity index is 1110. The van der Waals surface area contributed by atoms with E-state index in [-0.39, 0.29) is 12.3 Å². The standard InChI is InChI=1S/C21H18N4O2S/c26-19(11-12-20-23-21(24-27-20)17-9-6-14-28-17)22-18-10-4-5-13-25(18)15-16-7-2-1-3-8-16/h1-10,13-14H,11-12,15H2. The number of carbonyl (C=O) groups excluding carboxylic acids is 1. The van der Waals surface area contributed by atoms with Crippen molar-refractivity contribution in [1.82, 2.24) is 14.7 Å². The Balaban J connectivity index is 1.44. The predicted molar refractivity (Wildman–Crippen MR) is 106 cm³/mol. The van der Waals surface area contributed by atoms with E-state index in [1.54, 1.807) is 11.3 Å². The molecule has 28 heavy (non-hydrogen) atoms. The summed E-state index contributed by atoms with van der Waals surface area (Å²) >= 11 is 1.54. The third-order valence-corrected chi connectivity index (χ3v) is 4.98. The number of benzene rings is 1. The Kier molecular flexibility index (Phi) is 5.53. The number of thiophene rings is 1. The van der Waals surface area contributed by atoms with Gasteiger partial charge in [-0.3, -0.25) is 4.79 Å². The Morgan fingerprint density at radius 3 is 2.75 bits per heavy atom. The van der Waals surface area contributed by atoms with Crippen LogP contribution in [0.4, 0.5) is 0 Å². The molecule has 0 aliphatic rings. The highest BCUT2D eigenvalue weighted by Gasteiger charge is 2.11. The van der Waals surface area contributed by atoms with Crippen LogP contribution >= 0.6 is 11.3 Å².